The van der Waals surface area contributed by atoms with E-state index in [0.29, 0.717) is 5.82 Å². The first kappa shape index (κ1) is 31.4. The first-order valence-electron chi connectivity index (χ1n) is 18.8. The summed E-state index contributed by atoms with van der Waals surface area (Å²) in [5.41, 5.74) is 14.7. The summed E-state index contributed by atoms with van der Waals surface area (Å²) >= 11 is 0. The van der Waals surface area contributed by atoms with Gasteiger partial charge in [-0.25, -0.2) is 15.0 Å². The molecule has 0 saturated heterocycles. The predicted octanol–water partition coefficient (Wildman–Crippen LogP) is 12.2. The molecule has 0 N–H and O–H groups in total. The SMILES string of the molecule is CC1(C)c2ccccc2-c2nc(-c3cccc(-c4nc5ccccc5n4-c4ccccc4)c3)nc(-c3cccc(-n4c5ccccc5c5ccccc54)c3)c21. The zero-order chi connectivity index (χ0) is 36.7. The van der Waals surface area contributed by atoms with Gasteiger partial charge in [-0.2, -0.15) is 0 Å². The first-order valence-corrected chi connectivity index (χ1v) is 18.8. The summed E-state index contributed by atoms with van der Waals surface area (Å²) in [6.45, 7) is 4.60. The number of aromatic nitrogens is 5. The van der Waals surface area contributed by atoms with Gasteiger partial charge in [0.15, 0.2) is 5.82 Å². The van der Waals surface area contributed by atoms with Crippen LogP contribution in [0.15, 0.2) is 176 Å². The summed E-state index contributed by atoms with van der Waals surface area (Å²) in [6, 6.07) is 62.1. The largest absolute Gasteiger partial charge is 0.309 e. The van der Waals surface area contributed by atoms with Crippen molar-refractivity contribution in [2.24, 2.45) is 0 Å². The third-order valence-corrected chi connectivity index (χ3v) is 11.3. The molecule has 0 bridgehead atoms. The van der Waals surface area contributed by atoms with Gasteiger partial charge < -0.3 is 4.57 Å². The Morgan fingerprint density at radius 2 is 1.04 bits per heavy atom. The standard InChI is InChI=1S/C50H35N5/c1-50(2)40-25-9-6-24-39(40)47-45(50)46(32-16-15-21-36(31-32)54-42-27-11-7-22-37(42)38-23-8-12-28-43(38)54)52-48(53-47)33-17-14-18-34(30-33)49-51-41-26-10-13-29-44(41)55(49)35-19-4-3-5-20-35/h3-31H,1-2H3. The molecule has 0 spiro atoms. The highest BCUT2D eigenvalue weighted by Crippen LogP contribution is 2.51. The molecule has 1 aliphatic carbocycles. The molecule has 0 fully saturated rings. The van der Waals surface area contributed by atoms with E-state index >= 15 is 0 Å². The molecule has 0 unspecified atom stereocenters. The van der Waals surface area contributed by atoms with Gasteiger partial charge in [-0.05, 0) is 60.2 Å². The molecular weight excluding hydrogens is 671 g/mol. The fraction of sp³-hybridized carbons (Fsp3) is 0.0600. The second kappa shape index (κ2) is 12.0. The Kier molecular flexibility index (Phi) is 6.83. The summed E-state index contributed by atoms with van der Waals surface area (Å²) in [5, 5.41) is 2.48. The second-order valence-corrected chi connectivity index (χ2v) is 14.9. The topological polar surface area (TPSA) is 48.5 Å². The van der Waals surface area contributed by atoms with Crippen molar-refractivity contribution in [3.8, 4) is 56.7 Å². The van der Waals surface area contributed by atoms with E-state index in [0.717, 1.165) is 67.4 Å². The molecule has 0 saturated carbocycles. The van der Waals surface area contributed by atoms with Crippen LogP contribution in [0.5, 0.6) is 0 Å². The maximum atomic E-state index is 5.52. The van der Waals surface area contributed by atoms with Crippen LogP contribution in [0, 0.1) is 0 Å². The lowest BCUT2D eigenvalue weighted by molar-refractivity contribution is 0.658. The third kappa shape index (κ3) is 4.76. The van der Waals surface area contributed by atoms with Crippen molar-refractivity contribution in [2.45, 2.75) is 19.3 Å². The molecule has 260 valence electrons. The molecule has 3 aromatic heterocycles. The lowest BCUT2D eigenvalue weighted by atomic mass is 9.81. The predicted molar refractivity (Wildman–Crippen MR) is 225 cm³/mol. The Hall–Kier alpha value is -7.11. The number of benzene rings is 7. The van der Waals surface area contributed by atoms with E-state index < -0.39 is 0 Å². The maximum absolute atomic E-state index is 5.52. The normalized spacial score (nSPS) is 13.1. The second-order valence-electron chi connectivity index (χ2n) is 14.9. The van der Waals surface area contributed by atoms with E-state index in [1.54, 1.807) is 0 Å². The van der Waals surface area contributed by atoms with Gasteiger partial charge in [0.1, 0.15) is 5.82 Å². The highest BCUT2D eigenvalue weighted by molar-refractivity contribution is 6.09. The molecule has 7 aromatic carbocycles. The number of hydrogen-bond donors (Lipinski definition) is 0. The molecule has 3 heterocycles. The van der Waals surface area contributed by atoms with Crippen molar-refractivity contribution >= 4 is 32.8 Å². The van der Waals surface area contributed by atoms with Crippen molar-refractivity contribution in [3.05, 3.63) is 187 Å². The Balaban J connectivity index is 1.13. The molecule has 10 aromatic rings. The Morgan fingerprint density at radius 3 is 1.84 bits per heavy atom. The number of imidazole rings is 1. The highest BCUT2D eigenvalue weighted by atomic mass is 15.1. The van der Waals surface area contributed by atoms with Crippen LogP contribution in [0.1, 0.15) is 25.0 Å². The highest BCUT2D eigenvalue weighted by Gasteiger charge is 2.40. The minimum Gasteiger partial charge on any atom is -0.309 e. The number of rotatable bonds is 5. The maximum Gasteiger partial charge on any atom is 0.160 e. The van der Waals surface area contributed by atoms with E-state index in [9.17, 15) is 0 Å². The van der Waals surface area contributed by atoms with Gasteiger partial charge in [-0.1, -0.05) is 135 Å². The van der Waals surface area contributed by atoms with Crippen LogP contribution >= 0.6 is 0 Å². The summed E-state index contributed by atoms with van der Waals surface area (Å²) in [6.07, 6.45) is 0. The average Bonchev–Trinajstić information content (AvgIpc) is 3.87. The molecule has 5 nitrogen and oxygen atoms in total. The van der Waals surface area contributed by atoms with Crippen LogP contribution in [0.4, 0.5) is 0 Å². The van der Waals surface area contributed by atoms with E-state index in [1.807, 2.05) is 12.1 Å². The zero-order valence-corrected chi connectivity index (χ0v) is 30.5. The summed E-state index contributed by atoms with van der Waals surface area (Å²) in [4.78, 5) is 16.1. The van der Waals surface area contributed by atoms with Gasteiger partial charge in [0.2, 0.25) is 0 Å². The van der Waals surface area contributed by atoms with Crippen molar-refractivity contribution < 1.29 is 0 Å². The van der Waals surface area contributed by atoms with Crippen LogP contribution in [0.3, 0.4) is 0 Å². The van der Waals surface area contributed by atoms with E-state index in [4.69, 9.17) is 15.0 Å². The van der Waals surface area contributed by atoms with Gasteiger partial charge in [0.05, 0.1) is 33.5 Å². The minimum atomic E-state index is -0.301. The molecule has 0 radical (unpaired) electrons. The summed E-state index contributed by atoms with van der Waals surface area (Å²) in [5.74, 6) is 1.56. The van der Waals surface area contributed by atoms with E-state index in [1.165, 1.54) is 27.4 Å². The van der Waals surface area contributed by atoms with Crippen molar-refractivity contribution in [3.63, 3.8) is 0 Å². The van der Waals surface area contributed by atoms with Crippen LogP contribution in [-0.4, -0.2) is 24.1 Å². The molecule has 0 atom stereocenters. The molecule has 5 heteroatoms. The summed E-state index contributed by atoms with van der Waals surface area (Å²) < 4.78 is 4.61. The minimum absolute atomic E-state index is 0.301. The molecule has 0 aliphatic heterocycles. The Morgan fingerprint density at radius 1 is 0.436 bits per heavy atom. The van der Waals surface area contributed by atoms with Crippen LogP contribution in [0.25, 0.3) is 89.5 Å². The monoisotopic (exact) mass is 705 g/mol. The lowest BCUT2D eigenvalue weighted by Crippen LogP contribution is -2.17. The van der Waals surface area contributed by atoms with Gasteiger partial charge in [-0.3, -0.25) is 4.57 Å². The number of nitrogens with zero attached hydrogens (tertiary/aromatic N) is 5. The Labute approximate surface area is 318 Å². The number of hydrogen-bond acceptors (Lipinski definition) is 3. The Bertz CT molecular complexity index is 3080. The van der Waals surface area contributed by atoms with Gasteiger partial charge in [0, 0.05) is 55.4 Å². The molecule has 0 amide bonds. The third-order valence-electron chi connectivity index (χ3n) is 11.3. The van der Waals surface area contributed by atoms with Crippen LogP contribution < -0.4 is 0 Å². The van der Waals surface area contributed by atoms with E-state index in [2.05, 4.69) is 187 Å². The number of fused-ring (bicyclic) bond motifs is 7. The molecule has 11 rings (SSSR count). The molecular formula is C50H35N5. The van der Waals surface area contributed by atoms with E-state index in [-0.39, 0.29) is 5.41 Å². The quantitative estimate of drug-likeness (QED) is 0.179. The van der Waals surface area contributed by atoms with Crippen molar-refractivity contribution in [2.75, 3.05) is 0 Å². The smallest absolute Gasteiger partial charge is 0.160 e. The van der Waals surface area contributed by atoms with Gasteiger partial charge in [0.25, 0.3) is 0 Å². The lowest BCUT2D eigenvalue weighted by Gasteiger charge is -2.24. The van der Waals surface area contributed by atoms with Crippen molar-refractivity contribution in [1.82, 2.24) is 24.1 Å². The van der Waals surface area contributed by atoms with Crippen LogP contribution in [-0.2, 0) is 5.41 Å². The van der Waals surface area contributed by atoms with Gasteiger partial charge >= 0.3 is 0 Å². The average molecular weight is 706 g/mol. The van der Waals surface area contributed by atoms with Crippen LogP contribution in [0.2, 0.25) is 0 Å². The first-order chi connectivity index (χ1) is 27.0. The van der Waals surface area contributed by atoms with Gasteiger partial charge in [-0.15, -0.1) is 0 Å². The molecule has 55 heavy (non-hydrogen) atoms. The fourth-order valence-electron chi connectivity index (χ4n) is 8.80. The molecule has 1 aliphatic rings. The fourth-order valence-corrected chi connectivity index (χ4v) is 8.80. The summed E-state index contributed by atoms with van der Waals surface area (Å²) in [7, 11) is 0. The van der Waals surface area contributed by atoms with Crippen molar-refractivity contribution in [1.29, 1.82) is 0 Å². The zero-order valence-electron chi connectivity index (χ0n) is 30.5. The number of para-hydroxylation sites is 5.